The smallest absolute Gasteiger partial charge is 0.166 e. The van der Waals surface area contributed by atoms with Gasteiger partial charge in [-0.05, 0) is 58.7 Å². The molecule has 3 aromatic rings. The molecule has 2 aromatic heterocycles. The lowest BCUT2D eigenvalue weighted by molar-refractivity contribution is 0.111. The molecular formula is C22H30BrN3O3S. The second-order valence-electron chi connectivity index (χ2n) is 5.68. The number of hydrogen-bond donors (Lipinski definition) is 1. The molecule has 0 amide bonds. The number of anilines is 1. The molecule has 8 heteroatoms. The van der Waals surface area contributed by atoms with E-state index in [2.05, 4.69) is 31.0 Å². The molecule has 0 aliphatic heterocycles. The van der Waals surface area contributed by atoms with Crippen LogP contribution in [0.5, 0.6) is 0 Å². The largest absolute Gasteiger partial charge is 0.388 e. The van der Waals surface area contributed by atoms with Gasteiger partial charge in [-0.3, -0.25) is 9.59 Å². The molecule has 2 heterocycles. The third kappa shape index (κ3) is 10.5. The molecule has 0 aliphatic rings. The van der Waals surface area contributed by atoms with Gasteiger partial charge in [0, 0.05) is 44.1 Å². The lowest BCUT2D eigenvalue weighted by Gasteiger charge is -2.01. The van der Waals surface area contributed by atoms with E-state index >= 15 is 0 Å². The summed E-state index contributed by atoms with van der Waals surface area (Å²) in [7, 11) is 5.09. The minimum atomic E-state index is 0.643. The molecule has 0 saturated carbocycles. The molecular weight excluding hydrogens is 466 g/mol. The van der Waals surface area contributed by atoms with Crippen LogP contribution in [0.3, 0.4) is 0 Å². The number of thiazole rings is 1. The number of nitrogens with zero attached hydrogens (tertiary/aromatic N) is 2. The van der Waals surface area contributed by atoms with E-state index in [0.717, 1.165) is 33.4 Å². The highest BCUT2D eigenvalue weighted by Gasteiger charge is 2.05. The van der Waals surface area contributed by atoms with E-state index in [0.29, 0.717) is 17.8 Å². The summed E-state index contributed by atoms with van der Waals surface area (Å²) in [6, 6.07) is 9.15. The SMILES string of the molecule is CC.CNc1ccc(C=O)cc1.COC.Cc1cc(C=O)n(Cc2csc(Br)n2)c1. The lowest BCUT2D eigenvalue weighted by atomic mass is 10.2. The van der Waals surface area contributed by atoms with Gasteiger partial charge < -0.3 is 14.6 Å². The fourth-order valence-corrected chi connectivity index (χ4v) is 3.21. The molecule has 0 radical (unpaired) electrons. The number of methoxy groups -OCH3 is 1. The molecule has 164 valence electrons. The van der Waals surface area contributed by atoms with Gasteiger partial charge in [0.2, 0.25) is 0 Å². The summed E-state index contributed by atoms with van der Waals surface area (Å²) in [5.41, 5.74) is 4.47. The highest BCUT2D eigenvalue weighted by molar-refractivity contribution is 9.11. The van der Waals surface area contributed by atoms with Crippen LogP contribution >= 0.6 is 27.3 Å². The Bertz CT molecular complexity index is 861. The summed E-state index contributed by atoms with van der Waals surface area (Å²) in [5.74, 6) is 0. The Hall–Kier alpha value is -2.29. The molecule has 6 nitrogen and oxygen atoms in total. The van der Waals surface area contributed by atoms with Crippen molar-refractivity contribution in [1.82, 2.24) is 9.55 Å². The Labute approximate surface area is 191 Å². The number of hydrogen-bond acceptors (Lipinski definition) is 6. The van der Waals surface area contributed by atoms with Gasteiger partial charge in [0.15, 0.2) is 10.2 Å². The third-order valence-electron chi connectivity index (χ3n) is 3.38. The number of aryl methyl sites for hydroxylation is 1. The average molecular weight is 496 g/mol. The van der Waals surface area contributed by atoms with Crippen LogP contribution in [-0.2, 0) is 11.3 Å². The Morgan fingerprint density at radius 2 is 1.77 bits per heavy atom. The maximum Gasteiger partial charge on any atom is 0.166 e. The van der Waals surface area contributed by atoms with E-state index in [1.54, 1.807) is 37.7 Å². The Kier molecular flexibility index (Phi) is 15.2. The number of carbonyl (C=O) groups excluding carboxylic acids is 2. The summed E-state index contributed by atoms with van der Waals surface area (Å²) < 4.78 is 7.03. The number of halogens is 1. The fraction of sp³-hybridized carbons (Fsp3) is 0.318. The predicted molar refractivity (Wildman–Crippen MR) is 129 cm³/mol. The second kappa shape index (κ2) is 16.5. The number of aldehydes is 2. The highest BCUT2D eigenvalue weighted by Crippen LogP contribution is 2.17. The van der Waals surface area contributed by atoms with Gasteiger partial charge in [-0.25, -0.2) is 4.98 Å². The minimum absolute atomic E-state index is 0.643. The van der Waals surface area contributed by atoms with E-state index in [9.17, 15) is 9.59 Å². The van der Waals surface area contributed by atoms with Crippen molar-refractivity contribution in [2.75, 3.05) is 26.6 Å². The first kappa shape index (κ1) is 27.7. The molecule has 1 N–H and O–H groups in total. The quantitative estimate of drug-likeness (QED) is 0.459. The van der Waals surface area contributed by atoms with E-state index in [4.69, 9.17) is 0 Å². The van der Waals surface area contributed by atoms with E-state index in [1.165, 1.54) is 0 Å². The molecule has 0 spiro atoms. The molecule has 0 atom stereocenters. The van der Waals surface area contributed by atoms with Crippen molar-refractivity contribution in [2.24, 2.45) is 0 Å². The zero-order valence-corrected chi connectivity index (χ0v) is 20.7. The van der Waals surface area contributed by atoms with Crippen molar-refractivity contribution < 1.29 is 14.3 Å². The van der Waals surface area contributed by atoms with E-state index in [-0.39, 0.29) is 0 Å². The van der Waals surface area contributed by atoms with Crippen molar-refractivity contribution in [2.45, 2.75) is 27.3 Å². The van der Waals surface area contributed by atoms with Gasteiger partial charge in [0.25, 0.3) is 0 Å². The molecule has 30 heavy (non-hydrogen) atoms. The summed E-state index contributed by atoms with van der Waals surface area (Å²) >= 11 is 4.86. The van der Waals surface area contributed by atoms with Crippen LogP contribution < -0.4 is 5.32 Å². The first-order chi connectivity index (χ1) is 14.5. The molecule has 0 bridgehead atoms. The molecule has 0 unspecified atom stereocenters. The molecule has 0 aliphatic carbocycles. The fourth-order valence-electron chi connectivity index (χ4n) is 2.17. The summed E-state index contributed by atoms with van der Waals surface area (Å²) in [5, 5.41) is 4.94. The minimum Gasteiger partial charge on any atom is -0.388 e. The second-order valence-corrected chi connectivity index (χ2v) is 7.81. The monoisotopic (exact) mass is 495 g/mol. The van der Waals surface area contributed by atoms with Gasteiger partial charge in [-0.2, -0.15) is 0 Å². The summed E-state index contributed by atoms with van der Waals surface area (Å²) in [6.45, 7) is 6.62. The van der Waals surface area contributed by atoms with Crippen LogP contribution in [0, 0.1) is 6.92 Å². The number of nitrogens with one attached hydrogen (secondary N) is 1. The standard InChI is InChI=1S/C10H9BrN2OS.C8H9NO.C2H6O.C2H6/c1-7-2-9(5-14)13(3-7)4-8-6-15-10(11)12-8;1-9-8-4-2-7(6-10)3-5-8;1-3-2;1-2/h2-3,5-6H,4H2,1H3;2-6,9H,1H3;1-2H3;1-2H3. The summed E-state index contributed by atoms with van der Waals surface area (Å²) in [6.07, 6.45) is 3.66. The Morgan fingerprint density at radius 3 is 2.20 bits per heavy atom. The maximum atomic E-state index is 10.8. The lowest BCUT2D eigenvalue weighted by Crippen LogP contribution is -2.02. The van der Waals surface area contributed by atoms with Gasteiger partial charge in [0.1, 0.15) is 6.29 Å². The number of rotatable bonds is 5. The van der Waals surface area contributed by atoms with E-state index in [1.807, 2.05) is 62.2 Å². The maximum absolute atomic E-state index is 10.8. The Balaban J connectivity index is 0.000000486. The van der Waals surface area contributed by atoms with Gasteiger partial charge in [-0.1, -0.05) is 13.8 Å². The van der Waals surface area contributed by atoms with Crippen LogP contribution in [-0.4, -0.2) is 43.4 Å². The Morgan fingerprint density at radius 1 is 1.17 bits per heavy atom. The zero-order valence-electron chi connectivity index (χ0n) is 18.3. The van der Waals surface area contributed by atoms with Crippen molar-refractivity contribution in [3.05, 3.63) is 68.3 Å². The molecule has 1 aromatic carbocycles. The normalized spacial score (nSPS) is 9.03. The van der Waals surface area contributed by atoms with Crippen LogP contribution in [0.2, 0.25) is 0 Å². The highest BCUT2D eigenvalue weighted by atomic mass is 79.9. The number of carbonyl (C=O) groups is 2. The number of aromatic nitrogens is 2. The van der Waals surface area contributed by atoms with Crippen molar-refractivity contribution >= 4 is 45.5 Å². The van der Waals surface area contributed by atoms with Crippen LogP contribution in [0.1, 0.15) is 46.0 Å². The molecule has 3 rings (SSSR count). The first-order valence-corrected chi connectivity index (χ1v) is 11.0. The van der Waals surface area contributed by atoms with Gasteiger partial charge >= 0.3 is 0 Å². The van der Waals surface area contributed by atoms with Crippen LogP contribution in [0.4, 0.5) is 5.69 Å². The van der Waals surface area contributed by atoms with Gasteiger partial charge in [0.05, 0.1) is 17.9 Å². The molecule has 0 saturated heterocycles. The first-order valence-electron chi connectivity index (χ1n) is 9.32. The number of ether oxygens (including phenoxy) is 1. The zero-order chi connectivity index (χ0) is 22.9. The van der Waals surface area contributed by atoms with Crippen LogP contribution in [0.25, 0.3) is 0 Å². The van der Waals surface area contributed by atoms with E-state index < -0.39 is 0 Å². The number of benzene rings is 1. The average Bonchev–Trinajstić information content (AvgIpc) is 3.35. The summed E-state index contributed by atoms with van der Waals surface area (Å²) in [4.78, 5) is 25.3. The van der Waals surface area contributed by atoms with Crippen molar-refractivity contribution in [3.8, 4) is 0 Å². The van der Waals surface area contributed by atoms with Crippen LogP contribution in [0.15, 0.2) is 45.8 Å². The topological polar surface area (TPSA) is 73.2 Å². The predicted octanol–water partition coefficient (Wildman–Crippen LogP) is 5.71. The molecule has 0 fully saturated rings. The third-order valence-corrected chi connectivity index (χ3v) is 4.79. The van der Waals surface area contributed by atoms with Crippen molar-refractivity contribution in [1.29, 1.82) is 0 Å². The van der Waals surface area contributed by atoms with Crippen molar-refractivity contribution in [3.63, 3.8) is 0 Å². The van der Waals surface area contributed by atoms with Gasteiger partial charge in [-0.15, -0.1) is 11.3 Å².